The lowest BCUT2D eigenvalue weighted by molar-refractivity contribution is 0.112. The van der Waals surface area contributed by atoms with Crippen molar-refractivity contribution in [3.63, 3.8) is 0 Å². The number of ether oxygens (including phenoxy) is 1. The third kappa shape index (κ3) is 2.75. The number of aldehydes is 1. The molecule has 0 saturated carbocycles. The van der Waals surface area contributed by atoms with E-state index in [1.165, 1.54) is 0 Å². The summed E-state index contributed by atoms with van der Waals surface area (Å²) in [6, 6.07) is 7.18. The monoisotopic (exact) mass is 176 g/mol. The van der Waals surface area contributed by atoms with Crippen LogP contribution in [0, 0.1) is 0 Å². The van der Waals surface area contributed by atoms with E-state index in [-0.39, 0.29) is 0 Å². The molecular formula is C11H12O2. The van der Waals surface area contributed by atoms with E-state index in [2.05, 4.69) is 0 Å². The molecule has 1 aromatic rings. The topological polar surface area (TPSA) is 26.3 Å². The number of benzene rings is 1. The first-order valence-electron chi connectivity index (χ1n) is 4.16. The average Bonchev–Trinajstić information content (AvgIpc) is 2.19. The van der Waals surface area contributed by atoms with Crippen LogP contribution in [0.15, 0.2) is 36.4 Å². The predicted octanol–water partition coefficient (Wildman–Crippen LogP) is 2.45. The summed E-state index contributed by atoms with van der Waals surface area (Å²) in [5.41, 5.74) is 0.590. The van der Waals surface area contributed by atoms with E-state index in [1.54, 1.807) is 12.1 Å². The SMILES string of the molecule is C/C=C\COc1ccccc1C=O. The molecule has 0 atom stereocenters. The molecule has 0 aliphatic rings. The Balaban J connectivity index is 2.69. The summed E-state index contributed by atoms with van der Waals surface area (Å²) in [4.78, 5) is 10.6. The minimum atomic E-state index is 0.501. The van der Waals surface area contributed by atoms with E-state index in [0.29, 0.717) is 17.9 Å². The van der Waals surface area contributed by atoms with Gasteiger partial charge >= 0.3 is 0 Å². The molecule has 0 spiro atoms. The summed E-state index contributed by atoms with van der Waals surface area (Å²) in [5.74, 6) is 0.635. The molecule has 0 aliphatic carbocycles. The first kappa shape index (κ1) is 9.52. The van der Waals surface area contributed by atoms with Crippen LogP contribution in [0.3, 0.4) is 0 Å². The van der Waals surface area contributed by atoms with Gasteiger partial charge in [0.2, 0.25) is 0 Å². The normalized spacial score (nSPS) is 10.2. The van der Waals surface area contributed by atoms with Gasteiger partial charge in [-0.2, -0.15) is 0 Å². The molecule has 0 fully saturated rings. The summed E-state index contributed by atoms with van der Waals surface area (Å²) in [6.07, 6.45) is 4.59. The van der Waals surface area contributed by atoms with Crippen LogP contribution < -0.4 is 4.74 Å². The average molecular weight is 176 g/mol. The highest BCUT2D eigenvalue weighted by atomic mass is 16.5. The molecular weight excluding hydrogens is 164 g/mol. The number of hydrogen-bond acceptors (Lipinski definition) is 2. The Morgan fingerprint density at radius 2 is 2.15 bits per heavy atom. The smallest absolute Gasteiger partial charge is 0.153 e. The van der Waals surface area contributed by atoms with E-state index in [4.69, 9.17) is 4.74 Å². The van der Waals surface area contributed by atoms with Gasteiger partial charge in [-0.25, -0.2) is 0 Å². The minimum absolute atomic E-state index is 0.501. The third-order valence-electron chi connectivity index (χ3n) is 1.62. The van der Waals surface area contributed by atoms with Crippen LogP contribution >= 0.6 is 0 Å². The second-order valence-corrected chi connectivity index (χ2v) is 2.54. The van der Waals surface area contributed by atoms with Crippen molar-refractivity contribution < 1.29 is 9.53 Å². The summed E-state index contributed by atoms with van der Waals surface area (Å²) in [7, 11) is 0. The van der Waals surface area contributed by atoms with Crippen molar-refractivity contribution >= 4 is 6.29 Å². The first-order valence-corrected chi connectivity index (χ1v) is 4.16. The largest absolute Gasteiger partial charge is 0.489 e. The second-order valence-electron chi connectivity index (χ2n) is 2.54. The van der Waals surface area contributed by atoms with Crippen molar-refractivity contribution in [2.24, 2.45) is 0 Å². The van der Waals surface area contributed by atoms with Crippen LogP contribution in [-0.2, 0) is 0 Å². The summed E-state index contributed by atoms with van der Waals surface area (Å²) in [5, 5.41) is 0. The molecule has 0 N–H and O–H groups in total. The molecule has 0 radical (unpaired) electrons. The molecule has 68 valence electrons. The molecule has 0 aromatic heterocycles. The number of rotatable bonds is 4. The van der Waals surface area contributed by atoms with Gasteiger partial charge in [0, 0.05) is 0 Å². The lowest BCUT2D eigenvalue weighted by atomic mass is 10.2. The van der Waals surface area contributed by atoms with E-state index >= 15 is 0 Å². The van der Waals surface area contributed by atoms with Gasteiger partial charge in [0.15, 0.2) is 6.29 Å². The van der Waals surface area contributed by atoms with Crippen LogP contribution in [0.2, 0.25) is 0 Å². The Morgan fingerprint density at radius 3 is 2.85 bits per heavy atom. The molecule has 13 heavy (non-hydrogen) atoms. The maximum absolute atomic E-state index is 10.6. The Labute approximate surface area is 77.8 Å². The van der Waals surface area contributed by atoms with E-state index in [1.807, 2.05) is 31.2 Å². The Bertz CT molecular complexity index is 303. The van der Waals surface area contributed by atoms with Crippen LogP contribution in [0.5, 0.6) is 5.75 Å². The maximum Gasteiger partial charge on any atom is 0.153 e. The number of allylic oxidation sites excluding steroid dienone is 1. The zero-order valence-electron chi connectivity index (χ0n) is 7.57. The lowest BCUT2D eigenvalue weighted by Crippen LogP contribution is -1.96. The second kappa shape index (κ2) is 5.14. The molecule has 1 rings (SSSR count). The Morgan fingerprint density at radius 1 is 1.38 bits per heavy atom. The van der Waals surface area contributed by atoms with Crippen LogP contribution in [0.4, 0.5) is 0 Å². The van der Waals surface area contributed by atoms with Crippen molar-refractivity contribution in [3.8, 4) is 5.75 Å². The fourth-order valence-corrected chi connectivity index (χ4v) is 0.943. The number of hydrogen-bond donors (Lipinski definition) is 0. The van der Waals surface area contributed by atoms with Crippen molar-refractivity contribution in [1.29, 1.82) is 0 Å². The van der Waals surface area contributed by atoms with Gasteiger partial charge in [0.25, 0.3) is 0 Å². The highest BCUT2D eigenvalue weighted by Gasteiger charge is 1.98. The van der Waals surface area contributed by atoms with Gasteiger partial charge in [0.05, 0.1) is 5.56 Å². The van der Waals surface area contributed by atoms with Crippen molar-refractivity contribution in [2.45, 2.75) is 6.92 Å². The van der Waals surface area contributed by atoms with Crippen LogP contribution in [-0.4, -0.2) is 12.9 Å². The molecule has 1 aromatic carbocycles. The zero-order valence-corrected chi connectivity index (χ0v) is 7.57. The van der Waals surface area contributed by atoms with Gasteiger partial charge in [0.1, 0.15) is 12.4 Å². The molecule has 0 amide bonds. The molecule has 0 aliphatic heterocycles. The van der Waals surface area contributed by atoms with E-state index in [0.717, 1.165) is 6.29 Å². The van der Waals surface area contributed by atoms with Crippen LogP contribution in [0.25, 0.3) is 0 Å². The van der Waals surface area contributed by atoms with Gasteiger partial charge in [-0.05, 0) is 19.1 Å². The molecule has 0 heterocycles. The molecule has 2 heteroatoms. The van der Waals surface area contributed by atoms with Crippen molar-refractivity contribution in [2.75, 3.05) is 6.61 Å². The molecule has 0 bridgehead atoms. The van der Waals surface area contributed by atoms with Gasteiger partial charge in [-0.1, -0.05) is 24.3 Å². The predicted molar refractivity (Wildman–Crippen MR) is 52.1 cm³/mol. The molecule has 0 saturated heterocycles. The van der Waals surface area contributed by atoms with Gasteiger partial charge < -0.3 is 4.74 Å². The molecule has 0 unspecified atom stereocenters. The van der Waals surface area contributed by atoms with Gasteiger partial charge in [-0.3, -0.25) is 4.79 Å². The maximum atomic E-state index is 10.6. The third-order valence-corrected chi connectivity index (χ3v) is 1.62. The number of carbonyl (C=O) groups excluding carboxylic acids is 1. The first-order chi connectivity index (χ1) is 6.38. The highest BCUT2D eigenvalue weighted by molar-refractivity contribution is 5.79. The molecule has 2 nitrogen and oxygen atoms in total. The Kier molecular flexibility index (Phi) is 3.76. The van der Waals surface area contributed by atoms with Crippen LogP contribution in [0.1, 0.15) is 17.3 Å². The van der Waals surface area contributed by atoms with E-state index < -0.39 is 0 Å². The van der Waals surface area contributed by atoms with E-state index in [9.17, 15) is 4.79 Å². The highest BCUT2D eigenvalue weighted by Crippen LogP contribution is 2.15. The summed E-state index contributed by atoms with van der Waals surface area (Å²) in [6.45, 7) is 2.43. The minimum Gasteiger partial charge on any atom is -0.489 e. The summed E-state index contributed by atoms with van der Waals surface area (Å²) < 4.78 is 5.35. The standard InChI is InChI=1S/C11H12O2/c1-2-3-8-13-11-7-5-4-6-10(11)9-12/h2-7,9H,8H2,1H3/b3-2-. The fourth-order valence-electron chi connectivity index (χ4n) is 0.943. The Hall–Kier alpha value is -1.57. The van der Waals surface area contributed by atoms with Gasteiger partial charge in [-0.15, -0.1) is 0 Å². The number of carbonyl (C=O) groups is 1. The fraction of sp³-hybridized carbons (Fsp3) is 0.182. The quantitative estimate of drug-likeness (QED) is 0.520. The lowest BCUT2D eigenvalue weighted by Gasteiger charge is -2.04. The number of para-hydroxylation sites is 1. The zero-order chi connectivity index (χ0) is 9.52. The van der Waals surface area contributed by atoms with Crippen molar-refractivity contribution in [1.82, 2.24) is 0 Å². The summed E-state index contributed by atoms with van der Waals surface area (Å²) >= 11 is 0. The van der Waals surface area contributed by atoms with Crippen molar-refractivity contribution in [3.05, 3.63) is 42.0 Å².